The third kappa shape index (κ3) is 4.80. The fourth-order valence-electron chi connectivity index (χ4n) is 3.22. The highest BCUT2D eigenvalue weighted by molar-refractivity contribution is 7.91. The van der Waals surface area contributed by atoms with Gasteiger partial charge in [0.05, 0.1) is 15.2 Å². The summed E-state index contributed by atoms with van der Waals surface area (Å²) < 4.78 is 46.0. The SMILES string of the molecule is CCC(c1cccc(OCc2c(F)cccc2Cl)c1)S(=O)(=O)c1cccc(C)c1. The van der Waals surface area contributed by atoms with Gasteiger partial charge in [-0.1, -0.05) is 48.9 Å². The highest BCUT2D eigenvalue weighted by Crippen LogP contribution is 2.34. The Hall–Kier alpha value is -2.37. The lowest BCUT2D eigenvalue weighted by molar-refractivity contribution is 0.299. The lowest BCUT2D eigenvalue weighted by Gasteiger charge is -2.18. The van der Waals surface area contributed by atoms with Gasteiger partial charge in [-0.25, -0.2) is 12.8 Å². The standard InChI is InChI=1S/C23H22ClFO3S/c1-3-23(29(26,27)19-10-4-7-16(2)13-19)17-8-5-9-18(14-17)28-15-20-21(24)11-6-12-22(20)25/h4-14,23H,3,15H2,1-2H3. The minimum absolute atomic E-state index is 0.0453. The van der Waals surface area contributed by atoms with Crippen LogP contribution in [0.2, 0.25) is 5.02 Å². The predicted molar refractivity (Wildman–Crippen MR) is 114 cm³/mol. The van der Waals surface area contributed by atoms with Gasteiger partial charge < -0.3 is 4.74 Å². The summed E-state index contributed by atoms with van der Waals surface area (Å²) in [6.45, 7) is 3.66. The Labute approximate surface area is 176 Å². The summed E-state index contributed by atoms with van der Waals surface area (Å²) in [5.74, 6) is 0.0156. The van der Waals surface area contributed by atoms with Crippen LogP contribution in [0.4, 0.5) is 4.39 Å². The van der Waals surface area contributed by atoms with Crippen LogP contribution in [0.25, 0.3) is 0 Å². The fourth-order valence-corrected chi connectivity index (χ4v) is 5.33. The van der Waals surface area contributed by atoms with Gasteiger partial charge in [-0.05, 0) is 60.9 Å². The molecule has 0 N–H and O–H groups in total. The van der Waals surface area contributed by atoms with Crippen molar-refractivity contribution in [2.24, 2.45) is 0 Å². The summed E-state index contributed by atoms with van der Waals surface area (Å²) in [6, 6.07) is 18.3. The zero-order chi connectivity index (χ0) is 21.0. The molecule has 0 saturated heterocycles. The van der Waals surface area contributed by atoms with Gasteiger partial charge in [-0.2, -0.15) is 0 Å². The van der Waals surface area contributed by atoms with E-state index in [9.17, 15) is 12.8 Å². The average molecular weight is 433 g/mol. The third-order valence-corrected chi connectivity index (χ3v) is 7.36. The molecule has 1 atom stereocenters. The summed E-state index contributed by atoms with van der Waals surface area (Å²) in [4.78, 5) is 0.300. The molecular weight excluding hydrogens is 411 g/mol. The maximum atomic E-state index is 13.9. The first kappa shape index (κ1) is 21.3. The first-order valence-corrected chi connectivity index (χ1v) is 11.2. The molecule has 0 amide bonds. The van der Waals surface area contributed by atoms with Gasteiger partial charge in [0, 0.05) is 5.56 Å². The molecule has 3 aromatic carbocycles. The molecule has 152 valence electrons. The molecule has 0 aliphatic rings. The Morgan fingerprint density at radius 1 is 1.03 bits per heavy atom. The van der Waals surface area contributed by atoms with Gasteiger partial charge in [0.1, 0.15) is 18.2 Å². The van der Waals surface area contributed by atoms with Crippen LogP contribution in [0, 0.1) is 12.7 Å². The number of sulfone groups is 1. The van der Waals surface area contributed by atoms with Crippen LogP contribution in [0.1, 0.15) is 35.3 Å². The van der Waals surface area contributed by atoms with E-state index in [1.54, 1.807) is 48.5 Å². The van der Waals surface area contributed by atoms with E-state index in [0.717, 1.165) is 5.56 Å². The topological polar surface area (TPSA) is 43.4 Å². The molecule has 3 rings (SSSR count). The molecule has 0 aliphatic heterocycles. The van der Waals surface area contributed by atoms with E-state index in [2.05, 4.69) is 0 Å². The molecule has 0 fully saturated rings. The lowest BCUT2D eigenvalue weighted by Crippen LogP contribution is -2.13. The van der Waals surface area contributed by atoms with E-state index >= 15 is 0 Å². The summed E-state index contributed by atoms with van der Waals surface area (Å²) in [7, 11) is -3.56. The van der Waals surface area contributed by atoms with Crippen molar-refractivity contribution in [3.05, 3.63) is 94.3 Å². The molecule has 0 aliphatic carbocycles. The van der Waals surface area contributed by atoms with Crippen molar-refractivity contribution in [1.29, 1.82) is 0 Å². The van der Waals surface area contributed by atoms with E-state index < -0.39 is 20.9 Å². The molecular formula is C23H22ClFO3S. The van der Waals surface area contributed by atoms with Crippen LogP contribution in [0.3, 0.4) is 0 Å². The molecule has 3 aromatic rings. The molecule has 3 nitrogen and oxygen atoms in total. The van der Waals surface area contributed by atoms with E-state index in [1.165, 1.54) is 12.1 Å². The molecule has 6 heteroatoms. The van der Waals surface area contributed by atoms with Crippen LogP contribution in [-0.4, -0.2) is 8.42 Å². The van der Waals surface area contributed by atoms with Crippen LogP contribution >= 0.6 is 11.6 Å². The molecule has 0 heterocycles. The van der Waals surface area contributed by atoms with Gasteiger partial charge in [0.2, 0.25) is 0 Å². The molecule has 29 heavy (non-hydrogen) atoms. The first-order valence-electron chi connectivity index (χ1n) is 9.29. The van der Waals surface area contributed by atoms with Crippen molar-refractivity contribution < 1.29 is 17.5 Å². The Morgan fingerprint density at radius 2 is 1.76 bits per heavy atom. The van der Waals surface area contributed by atoms with Crippen molar-refractivity contribution >= 4 is 21.4 Å². The van der Waals surface area contributed by atoms with Gasteiger partial charge in [-0.3, -0.25) is 0 Å². The van der Waals surface area contributed by atoms with Crippen molar-refractivity contribution in [3.8, 4) is 5.75 Å². The second-order valence-corrected chi connectivity index (χ2v) is 9.36. The van der Waals surface area contributed by atoms with Crippen LogP contribution < -0.4 is 4.74 Å². The number of rotatable bonds is 7. The Balaban J connectivity index is 1.87. The molecule has 0 radical (unpaired) electrons. The summed E-state index contributed by atoms with van der Waals surface area (Å²) in [6.07, 6.45) is 0.416. The second-order valence-electron chi connectivity index (χ2n) is 6.82. The molecule has 0 saturated carbocycles. The Bertz CT molecular complexity index is 1090. The maximum Gasteiger partial charge on any atom is 0.185 e. The smallest absolute Gasteiger partial charge is 0.185 e. The zero-order valence-electron chi connectivity index (χ0n) is 16.2. The lowest BCUT2D eigenvalue weighted by atomic mass is 10.1. The molecule has 0 spiro atoms. The van der Waals surface area contributed by atoms with Gasteiger partial charge >= 0.3 is 0 Å². The Kier molecular flexibility index (Phi) is 6.60. The van der Waals surface area contributed by atoms with Crippen LogP contribution in [0.15, 0.2) is 71.6 Å². The largest absolute Gasteiger partial charge is 0.489 e. The van der Waals surface area contributed by atoms with Crippen LogP contribution in [0.5, 0.6) is 5.75 Å². The van der Waals surface area contributed by atoms with E-state index in [4.69, 9.17) is 16.3 Å². The summed E-state index contributed by atoms with van der Waals surface area (Å²) in [5, 5.41) is -0.417. The highest BCUT2D eigenvalue weighted by atomic mass is 35.5. The first-order chi connectivity index (χ1) is 13.8. The van der Waals surface area contributed by atoms with Crippen molar-refractivity contribution in [2.75, 3.05) is 0 Å². The van der Waals surface area contributed by atoms with E-state index in [-0.39, 0.29) is 17.2 Å². The number of ether oxygens (including phenoxy) is 1. The summed E-state index contributed by atoms with van der Waals surface area (Å²) in [5.41, 5.74) is 1.78. The third-order valence-electron chi connectivity index (χ3n) is 4.74. The average Bonchev–Trinajstić information content (AvgIpc) is 2.68. The van der Waals surface area contributed by atoms with E-state index in [0.29, 0.717) is 22.6 Å². The van der Waals surface area contributed by atoms with Gasteiger partial charge in [-0.15, -0.1) is 0 Å². The number of hydrogen-bond donors (Lipinski definition) is 0. The molecule has 0 bridgehead atoms. The number of hydrogen-bond acceptors (Lipinski definition) is 3. The summed E-state index contributed by atoms with van der Waals surface area (Å²) >= 11 is 6.04. The molecule has 0 aromatic heterocycles. The van der Waals surface area contributed by atoms with Crippen molar-refractivity contribution in [1.82, 2.24) is 0 Å². The van der Waals surface area contributed by atoms with E-state index in [1.807, 2.05) is 19.9 Å². The second kappa shape index (κ2) is 8.97. The van der Waals surface area contributed by atoms with Gasteiger partial charge in [0.15, 0.2) is 9.84 Å². The molecule has 1 unspecified atom stereocenters. The van der Waals surface area contributed by atoms with Gasteiger partial charge in [0.25, 0.3) is 0 Å². The maximum absolute atomic E-state index is 13.9. The Morgan fingerprint density at radius 3 is 2.45 bits per heavy atom. The minimum atomic E-state index is -3.56. The monoisotopic (exact) mass is 432 g/mol. The highest BCUT2D eigenvalue weighted by Gasteiger charge is 2.28. The number of benzene rings is 3. The zero-order valence-corrected chi connectivity index (χ0v) is 17.8. The normalized spacial score (nSPS) is 12.6. The quantitative estimate of drug-likeness (QED) is 0.440. The number of halogens is 2. The van der Waals surface area contributed by atoms with Crippen LogP contribution in [-0.2, 0) is 16.4 Å². The number of aryl methyl sites for hydroxylation is 1. The fraction of sp³-hybridized carbons (Fsp3) is 0.217. The minimum Gasteiger partial charge on any atom is -0.489 e. The predicted octanol–water partition coefficient (Wildman–Crippen LogP) is 6.29. The van der Waals surface area contributed by atoms with Crippen molar-refractivity contribution in [3.63, 3.8) is 0 Å². The van der Waals surface area contributed by atoms with Crippen molar-refractivity contribution in [2.45, 2.75) is 37.0 Å².